The largest absolute Gasteiger partial charge is 0.523 e. The maximum absolute atomic E-state index is 11.2. The minimum absolute atomic E-state index is 0.0692. The summed E-state index contributed by atoms with van der Waals surface area (Å²) < 4.78 is 32.7. The van der Waals surface area contributed by atoms with Gasteiger partial charge in [-0.2, -0.15) is 4.98 Å². The van der Waals surface area contributed by atoms with Crippen LogP contribution in [0.5, 0.6) is 6.01 Å². The molecule has 0 amide bonds. The first-order valence-electron chi connectivity index (χ1n) is 5.18. The number of benzene rings is 2. The van der Waals surface area contributed by atoms with Crippen LogP contribution in [0.25, 0.3) is 21.8 Å². The molecular formula is C11H6N2O4S. The van der Waals surface area contributed by atoms with Crippen molar-refractivity contribution in [2.24, 2.45) is 0 Å². The van der Waals surface area contributed by atoms with Crippen LogP contribution in [0.1, 0.15) is 0 Å². The monoisotopic (exact) mass is 262 g/mol. The molecule has 0 saturated heterocycles. The first-order chi connectivity index (χ1) is 8.62. The molecule has 1 aromatic heterocycles. The molecule has 2 heterocycles. The Hall–Kier alpha value is -2.28. The lowest BCUT2D eigenvalue weighted by atomic mass is 10.1. The minimum Gasteiger partial charge on any atom is -0.311 e. The Kier molecular flexibility index (Phi) is 1.59. The van der Waals surface area contributed by atoms with Gasteiger partial charge in [-0.1, -0.05) is 24.3 Å². The highest BCUT2D eigenvalue weighted by molar-refractivity contribution is 7.82. The number of nitrogens with zero attached hydrogens (tertiary/aromatic N) is 2. The fourth-order valence-corrected chi connectivity index (χ4v) is 2.69. The van der Waals surface area contributed by atoms with Crippen LogP contribution in [-0.4, -0.2) is 18.1 Å². The molecule has 3 aromatic rings. The molecule has 0 fully saturated rings. The van der Waals surface area contributed by atoms with E-state index >= 15 is 0 Å². The first-order valence-corrected chi connectivity index (χ1v) is 6.51. The third-order valence-corrected chi connectivity index (χ3v) is 3.48. The topological polar surface area (TPSA) is 70.4 Å². The lowest BCUT2D eigenvalue weighted by Crippen LogP contribution is -2.13. The molecule has 0 spiro atoms. The minimum atomic E-state index is -4.01. The predicted octanol–water partition coefficient (Wildman–Crippen LogP) is 1.26. The molecule has 1 aliphatic heterocycles. The average Bonchev–Trinajstić information content (AvgIpc) is 2.78. The third-order valence-electron chi connectivity index (χ3n) is 2.79. The highest BCUT2D eigenvalue weighted by Gasteiger charge is 2.32. The van der Waals surface area contributed by atoms with Crippen molar-refractivity contribution in [1.29, 1.82) is 0 Å². The molecule has 18 heavy (non-hydrogen) atoms. The average molecular weight is 262 g/mol. The van der Waals surface area contributed by atoms with E-state index in [9.17, 15) is 8.42 Å². The lowest BCUT2D eigenvalue weighted by Gasteiger charge is -1.99. The molecule has 0 unspecified atom stereocenters. The van der Waals surface area contributed by atoms with E-state index < -0.39 is 10.4 Å². The van der Waals surface area contributed by atoms with Crippen LogP contribution in [-0.2, 0) is 10.4 Å². The Morgan fingerprint density at radius 3 is 2.61 bits per heavy atom. The second-order valence-electron chi connectivity index (χ2n) is 3.94. The molecular weight excluding hydrogens is 256 g/mol. The molecule has 0 N–H and O–H groups in total. The van der Waals surface area contributed by atoms with Gasteiger partial charge in [0.1, 0.15) is 5.52 Å². The Morgan fingerprint density at radius 1 is 1.11 bits per heavy atom. The maximum atomic E-state index is 11.2. The van der Waals surface area contributed by atoms with Crippen LogP contribution in [0.3, 0.4) is 0 Å². The van der Waals surface area contributed by atoms with E-state index in [1.54, 1.807) is 0 Å². The molecule has 0 aliphatic carbocycles. The zero-order valence-corrected chi connectivity index (χ0v) is 9.72. The van der Waals surface area contributed by atoms with Crippen LogP contribution in [0.15, 0.2) is 36.4 Å². The van der Waals surface area contributed by atoms with Gasteiger partial charge in [0.2, 0.25) is 0 Å². The Labute approximate surface area is 102 Å². The van der Waals surface area contributed by atoms with Gasteiger partial charge >= 0.3 is 16.4 Å². The summed E-state index contributed by atoms with van der Waals surface area (Å²) in [5.41, 5.74) is 1.18. The van der Waals surface area contributed by atoms with Crippen LogP contribution in [0, 0.1) is 0 Å². The fourth-order valence-electron chi connectivity index (χ4n) is 2.04. The molecule has 6 nitrogen and oxygen atoms in total. The number of rotatable bonds is 0. The Morgan fingerprint density at radius 2 is 1.83 bits per heavy atom. The van der Waals surface area contributed by atoms with Gasteiger partial charge in [-0.15, -0.1) is 13.1 Å². The van der Waals surface area contributed by atoms with Gasteiger partial charge in [0.25, 0.3) is 0 Å². The van der Waals surface area contributed by atoms with Gasteiger partial charge in [-0.25, -0.2) is 0 Å². The molecule has 90 valence electrons. The lowest BCUT2D eigenvalue weighted by molar-refractivity contribution is 0.311. The van der Waals surface area contributed by atoms with Gasteiger partial charge < -0.3 is 4.18 Å². The first kappa shape index (κ1) is 9.72. The molecule has 0 atom stereocenters. The smallest absolute Gasteiger partial charge is 0.311 e. The van der Waals surface area contributed by atoms with E-state index in [0.29, 0.717) is 11.0 Å². The van der Waals surface area contributed by atoms with Crippen LogP contribution < -0.4 is 8.47 Å². The van der Waals surface area contributed by atoms with E-state index in [-0.39, 0.29) is 6.01 Å². The summed E-state index contributed by atoms with van der Waals surface area (Å²) in [7, 11) is -4.01. The van der Waals surface area contributed by atoms with E-state index in [1.807, 2.05) is 36.4 Å². The summed E-state index contributed by atoms with van der Waals surface area (Å²) in [6.07, 6.45) is 0. The Bertz CT molecular complexity index is 898. The van der Waals surface area contributed by atoms with Crippen molar-refractivity contribution in [3.63, 3.8) is 0 Å². The highest BCUT2D eigenvalue weighted by atomic mass is 32.3. The quantitative estimate of drug-likeness (QED) is 0.610. The summed E-state index contributed by atoms with van der Waals surface area (Å²) in [5, 5.41) is 1.99. The second-order valence-corrected chi connectivity index (χ2v) is 5.08. The van der Waals surface area contributed by atoms with Gasteiger partial charge in [0, 0.05) is 0 Å². The van der Waals surface area contributed by atoms with E-state index in [4.69, 9.17) is 4.28 Å². The number of imidazole rings is 1. The molecule has 0 saturated carbocycles. The van der Waals surface area contributed by atoms with Gasteiger partial charge in [-0.05, 0) is 22.9 Å². The third kappa shape index (κ3) is 1.22. The van der Waals surface area contributed by atoms with E-state index in [2.05, 4.69) is 9.17 Å². The fraction of sp³-hybridized carbons (Fsp3) is 0. The molecule has 4 rings (SSSR count). The number of aromatic nitrogens is 2. The number of hydrogen-bond donors (Lipinski definition) is 0. The van der Waals surface area contributed by atoms with Crippen LogP contribution in [0.4, 0.5) is 0 Å². The summed E-state index contributed by atoms with van der Waals surface area (Å²) in [5.74, 6) is 0. The van der Waals surface area contributed by atoms with Crippen molar-refractivity contribution in [3.8, 4) is 6.01 Å². The van der Waals surface area contributed by atoms with Crippen molar-refractivity contribution >= 4 is 32.2 Å². The standard InChI is InChI=1S/C11H6N2O4S/c14-18(15)16-11-12-9-5-7-3-1-2-4-8(7)6-10(9)13(11)17-18/h1-6H. The molecule has 7 heteroatoms. The van der Waals surface area contributed by atoms with Crippen LogP contribution >= 0.6 is 0 Å². The van der Waals surface area contributed by atoms with Crippen molar-refractivity contribution in [2.45, 2.75) is 0 Å². The van der Waals surface area contributed by atoms with Crippen molar-refractivity contribution in [2.75, 3.05) is 0 Å². The van der Waals surface area contributed by atoms with Gasteiger partial charge in [0.05, 0.1) is 5.52 Å². The Balaban J connectivity index is 2.10. The van der Waals surface area contributed by atoms with E-state index in [0.717, 1.165) is 15.5 Å². The predicted molar refractivity (Wildman–Crippen MR) is 63.4 cm³/mol. The zero-order chi connectivity index (χ0) is 12.3. The highest BCUT2D eigenvalue weighted by Crippen LogP contribution is 2.29. The SMILES string of the molecule is O=S1(=O)Oc2nc3cc4ccccc4cc3n2O1. The normalized spacial score (nSPS) is 16.4. The molecule has 0 bridgehead atoms. The van der Waals surface area contributed by atoms with Crippen molar-refractivity contribution in [1.82, 2.24) is 9.71 Å². The molecule has 0 radical (unpaired) electrons. The van der Waals surface area contributed by atoms with E-state index in [1.165, 1.54) is 0 Å². The summed E-state index contributed by atoms with van der Waals surface area (Å²) in [4.78, 5) is 4.08. The van der Waals surface area contributed by atoms with Gasteiger partial charge in [-0.3, -0.25) is 4.28 Å². The maximum Gasteiger partial charge on any atom is 0.523 e. The summed E-state index contributed by atoms with van der Waals surface area (Å²) >= 11 is 0. The summed E-state index contributed by atoms with van der Waals surface area (Å²) in [6.45, 7) is 0. The van der Waals surface area contributed by atoms with Crippen LogP contribution in [0.2, 0.25) is 0 Å². The van der Waals surface area contributed by atoms with Gasteiger partial charge in [0.15, 0.2) is 0 Å². The second kappa shape index (κ2) is 2.94. The molecule has 2 aromatic carbocycles. The van der Waals surface area contributed by atoms with Crippen molar-refractivity contribution < 1.29 is 16.9 Å². The number of fused-ring (bicyclic) bond motifs is 4. The molecule has 1 aliphatic rings. The zero-order valence-electron chi connectivity index (χ0n) is 8.90. The van der Waals surface area contributed by atoms with Crippen molar-refractivity contribution in [3.05, 3.63) is 36.4 Å². The summed E-state index contributed by atoms with van der Waals surface area (Å²) in [6, 6.07) is 11.3. The number of hydrogen-bond acceptors (Lipinski definition) is 5.